The van der Waals surface area contributed by atoms with Crippen LogP contribution >= 0.6 is 0 Å². The third-order valence-corrected chi connectivity index (χ3v) is 5.76. The molecule has 0 N–H and O–H groups in total. The van der Waals surface area contributed by atoms with Gasteiger partial charge in [-0.3, -0.25) is 19.7 Å². The van der Waals surface area contributed by atoms with Crippen LogP contribution in [0.15, 0.2) is 36.4 Å². The first-order valence-corrected chi connectivity index (χ1v) is 9.98. The lowest BCUT2D eigenvalue weighted by Gasteiger charge is -2.36. The number of ketones is 1. The zero-order chi connectivity index (χ0) is 21.4. The van der Waals surface area contributed by atoms with E-state index in [1.165, 1.54) is 25.1 Å². The Bertz CT molecular complexity index is 1030. The number of hydrogen-bond donors (Lipinski definition) is 0. The van der Waals surface area contributed by atoms with E-state index in [1.807, 2.05) is 4.90 Å². The first kappa shape index (κ1) is 20.0. The summed E-state index contributed by atoms with van der Waals surface area (Å²) in [5, 5.41) is 11.2. The Morgan fingerprint density at radius 1 is 1.07 bits per heavy atom. The molecule has 2 fully saturated rings. The van der Waals surface area contributed by atoms with E-state index in [2.05, 4.69) is 0 Å². The molecule has 0 unspecified atom stereocenters. The first-order chi connectivity index (χ1) is 14.3. The Kier molecular flexibility index (Phi) is 5.24. The summed E-state index contributed by atoms with van der Waals surface area (Å²) < 4.78 is 14.4. The highest BCUT2D eigenvalue weighted by atomic mass is 19.1. The van der Waals surface area contributed by atoms with Crippen molar-refractivity contribution < 1.29 is 18.9 Å². The van der Waals surface area contributed by atoms with Crippen molar-refractivity contribution >= 4 is 23.1 Å². The van der Waals surface area contributed by atoms with Crippen molar-refractivity contribution in [3.8, 4) is 0 Å². The third kappa shape index (κ3) is 3.90. The second kappa shape index (κ2) is 7.85. The molecule has 0 aromatic heterocycles. The van der Waals surface area contributed by atoms with Crippen LogP contribution in [-0.4, -0.2) is 47.7 Å². The average molecular weight is 411 g/mol. The number of halogens is 1. The maximum Gasteiger partial charge on any atom is 0.270 e. The number of amides is 1. The van der Waals surface area contributed by atoms with Gasteiger partial charge < -0.3 is 9.80 Å². The number of non-ortho nitro benzene ring substituents is 1. The van der Waals surface area contributed by atoms with Crippen LogP contribution in [0.5, 0.6) is 0 Å². The number of carbonyl (C=O) groups excluding carboxylic acids is 2. The maximum absolute atomic E-state index is 14.4. The second-order valence-electron chi connectivity index (χ2n) is 7.80. The predicted octanol–water partition coefficient (Wildman–Crippen LogP) is 3.78. The van der Waals surface area contributed by atoms with Gasteiger partial charge in [0.1, 0.15) is 5.82 Å². The number of nitro benzene ring substituents is 1. The molecule has 0 atom stereocenters. The number of nitrogens with zero attached hydrogens (tertiary/aromatic N) is 3. The standard InChI is InChI=1S/C22H22FN3O4/c1-14(27)16-4-7-21(20(23)12-16)24-8-10-25(11-9-24)22(28)19-13-17(26(29)30)5-6-18(19)15-2-3-15/h4-7,12-13,15H,2-3,8-11H2,1H3. The molecule has 1 aliphatic carbocycles. The number of anilines is 1. The molecule has 2 aromatic rings. The Hall–Kier alpha value is -3.29. The number of piperazine rings is 1. The number of carbonyl (C=O) groups is 2. The van der Waals surface area contributed by atoms with E-state index in [0.717, 1.165) is 18.4 Å². The van der Waals surface area contributed by atoms with Crippen molar-refractivity contribution in [2.24, 2.45) is 0 Å². The fourth-order valence-electron chi connectivity index (χ4n) is 3.90. The van der Waals surface area contributed by atoms with Crippen molar-refractivity contribution in [3.05, 3.63) is 69.0 Å². The first-order valence-electron chi connectivity index (χ1n) is 9.98. The van der Waals surface area contributed by atoms with Crippen LogP contribution in [0.3, 0.4) is 0 Å². The number of nitro groups is 1. The van der Waals surface area contributed by atoms with Gasteiger partial charge in [-0.1, -0.05) is 6.07 Å². The molecule has 30 heavy (non-hydrogen) atoms. The van der Waals surface area contributed by atoms with Gasteiger partial charge in [-0.15, -0.1) is 0 Å². The van der Waals surface area contributed by atoms with E-state index in [4.69, 9.17) is 0 Å². The Balaban J connectivity index is 1.49. The van der Waals surface area contributed by atoms with Crippen molar-refractivity contribution in [3.63, 3.8) is 0 Å². The molecule has 4 rings (SSSR count). The quantitative estimate of drug-likeness (QED) is 0.425. The highest BCUT2D eigenvalue weighted by Crippen LogP contribution is 2.42. The maximum atomic E-state index is 14.4. The topological polar surface area (TPSA) is 83.8 Å². The molecule has 2 aliphatic rings. The lowest BCUT2D eigenvalue weighted by atomic mass is 10.0. The third-order valence-electron chi connectivity index (χ3n) is 5.76. The fraction of sp³-hybridized carbons (Fsp3) is 0.364. The summed E-state index contributed by atoms with van der Waals surface area (Å²) in [7, 11) is 0. The molecule has 0 bridgehead atoms. The number of Topliss-reactive ketones (excluding diaryl/α,β-unsaturated/α-hetero) is 1. The summed E-state index contributed by atoms with van der Waals surface area (Å²) in [6.45, 7) is 3.05. The predicted molar refractivity (Wildman–Crippen MR) is 110 cm³/mol. The minimum Gasteiger partial charge on any atom is -0.366 e. The van der Waals surface area contributed by atoms with Crippen molar-refractivity contribution in [1.29, 1.82) is 0 Å². The molecule has 156 valence electrons. The van der Waals surface area contributed by atoms with E-state index >= 15 is 0 Å². The van der Waals surface area contributed by atoms with Crippen LogP contribution in [0.2, 0.25) is 0 Å². The number of hydrogen-bond acceptors (Lipinski definition) is 5. The zero-order valence-corrected chi connectivity index (χ0v) is 16.6. The van der Waals surface area contributed by atoms with E-state index < -0.39 is 10.7 Å². The second-order valence-corrected chi connectivity index (χ2v) is 7.80. The smallest absolute Gasteiger partial charge is 0.270 e. The van der Waals surface area contributed by atoms with Crippen LogP contribution in [-0.2, 0) is 0 Å². The van der Waals surface area contributed by atoms with Gasteiger partial charge in [0.05, 0.1) is 10.6 Å². The Morgan fingerprint density at radius 2 is 1.77 bits per heavy atom. The van der Waals surface area contributed by atoms with Gasteiger partial charge in [0.2, 0.25) is 0 Å². The minimum atomic E-state index is -0.487. The van der Waals surface area contributed by atoms with Crippen LogP contribution in [0.4, 0.5) is 15.8 Å². The zero-order valence-electron chi connectivity index (χ0n) is 16.6. The summed E-state index contributed by atoms with van der Waals surface area (Å²) in [5.41, 5.74) is 1.91. The van der Waals surface area contributed by atoms with Crippen molar-refractivity contribution in [2.45, 2.75) is 25.7 Å². The molecule has 1 saturated carbocycles. The molecule has 0 spiro atoms. The lowest BCUT2D eigenvalue weighted by Crippen LogP contribution is -2.49. The van der Waals surface area contributed by atoms with Gasteiger partial charge in [0, 0.05) is 49.4 Å². The molecule has 1 heterocycles. The Morgan fingerprint density at radius 3 is 2.33 bits per heavy atom. The summed E-state index contributed by atoms with van der Waals surface area (Å²) in [6.07, 6.45) is 1.98. The molecule has 1 amide bonds. The largest absolute Gasteiger partial charge is 0.366 e. The van der Waals surface area contributed by atoms with Gasteiger partial charge in [-0.2, -0.15) is 0 Å². The van der Waals surface area contributed by atoms with Gasteiger partial charge >= 0.3 is 0 Å². The summed E-state index contributed by atoms with van der Waals surface area (Å²) in [6, 6.07) is 8.96. The van der Waals surface area contributed by atoms with E-state index in [-0.39, 0.29) is 17.4 Å². The Labute approximate surface area is 173 Å². The molecular weight excluding hydrogens is 389 g/mol. The molecule has 1 aliphatic heterocycles. The number of rotatable bonds is 5. The van der Waals surface area contributed by atoms with E-state index in [9.17, 15) is 24.1 Å². The fourth-order valence-corrected chi connectivity index (χ4v) is 3.90. The van der Waals surface area contributed by atoms with Gasteiger partial charge in [0.25, 0.3) is 11.6 Å². The van der Waals surface area contributed by atoms with Crippen molar-refractivity contribution in [2.75, 3.05) is 31.1 Å². The molecule has 2 aromatic carbocycles. The average Bonchev–Trinajstić information content (AvgIpc) is 3.58. The molecular formula is C22H22FN3O4. The highest BCUT2D eigenvalue weighted by Gasteiger charge is 2.32. The molecule has 7 nitrogen and oxygen atoms in total. The van der Waals surface area contributed by atoms with Gasteiger partial charge in [-0.25, -0.2) is 4.39 Å². The summed E-state index contributed by atoms with van der Waals surface area (Å²) >= 11 is 0. The van der Waals surface area contributed by atoms with E-state index in [1.54, 1.807) is 23.1 Å². The van der Waals surface area contributed by atoms with Crippen LogP contribution in [0, 0.1) is 15.9 Å². The molecule has 0 radical (unpaired) electrons. The SMILES string of the molecule is CC(=O)c1ccc(N2CCN(C(=O)c3cc([N+](=O)[O-])ccc3C3CC3)CC2)c(F)c1. The molecule has 1 saturated heterocycles. The normalized spacial score (nSPS) is 16.5. The van der Waals surface area contributed by atoms with Gasteiger partial charge in [-0.05, 0) is 49.4 Å². The lowest BCUT2D eigenvalue weighted by molar-refractivity contribution is -0.384. The van der Waals surface area contributed by atoms with Crippen LogP contribution in [0.1, 0.15) is 52.0 Å². The highest BCUT2D eigenvalue weighted by molar-refractivity contribution is 5.97. The summed E-state index contributed by atoms with van der Waals surface area (Å²) in [4.78, 5) is 38.7. The monoisotopic (exact) mass is 411 g/mol. The molecule has 8 heteroatoms. The van der Waals surface area contributed by atoms with Crippen LogP contribution < -0.4 is 4.90 Å². The number of benzene rings is 2. The summed E-state index contributed by atoms with van der Waals surface area (Å²) in [5.74, 6) is -0.580. The van der Waals surface area contributed by atoms with Crippen LogP contribution in [0.25, 0.3) is 0 Å². The van der Waals surface area contributed by atoms with Gasteiger partial charge in [0.15, 0.2) is 5.78 Å². The van der Waals surface area contributed by atoms with E-state index in [0.29, 0.717) is 48.9 Å². The minimum absolute atomic E-state index is 0.0889. The van der Waals surface area contributed by atoms with Crippen molar-refractivity contribution in [1.82, 2.24) is 4.90 Å².